The summed E-state index contributed by atoms with van der Waals surface area (Å²) < 4.78 is 0. The molecule has 1 aliphatic heterocycles. The van der Waals surface area contributed by atoms with E-state index in [0.717, 1.165) is 11.3 Å². The van der Waals surface area contributed by atoms with Gasteiger partial charge in [0.25, 0.3) is 0 Å². The number of piperazine rings is 1. The molecule has 1 N–H and O–H groups in total. The van der Waals surface area contributed by atoms with Crippen LogP contribution in [-0.4, -0.2) is 34.8 Å². The molecule has 0 aromatic carbocycles. The van der Waals surface area contributed by atoms with Crippen molar-refractivity contribution in [2.45, 2.75) is 13.5 Å². The van der Waals surface area contributed by atoms with Crippen molar-refractivity contribution in [1.82, 2.24) is 15.2 Å². The molecule has 0 unspecified atom stereocenters. The lowest BCUT2D eigenvalue weighted by Gasteiger charge is -2.26. The van der Waals surface area contributed by atoms with Gasteiger partial charge in [-0.05, 0) is 18.6 Å². The largest absolute Gasteiger partial charge is 0.345 e. The van der Waals surface area contributed by atoms with Gasteiger partial charge in [-0.15, -0.1) is 0 Å². The zero-order valence-corrected chi connectivity index (χ0v) is 9.06. The summed E-state index contributed by atoms with van der Waals surface area (Å²) in [5, 5.41) is 2.51. The van der Waals surface area contributed by atoms with Crippen LogP contribution in [0.3, 0.4) is 0 Å². The second kappa shape index (κ2) is 4.30. The van der Waals surface area contributed by atoms with E-state index in [1.165, 1.54) is 4.90 Å². The van der Waals surface area contributed by atoms with Gasteiger partial charge < -0.3 is 10.2 Å². The van der Waals surface area contributed by atoms with Gasteiger partial charge in [0.1, 0.15) is 0 Å². The van der Waals surface area contributed by atoms with E-state index in [-0.39, 0.29) is 24.9 Å². The Morgan fingerprint density at radius 2 is 2.25 bits per heavy atom. The van der Waals surface area contributed by atoms with Crippen molar-refractivity contribution in [3.8, 4) is 0 Å². The molecule has 5 nitrogen and oxygen atoms in total. The molecule has 1 aliphatic rings. The summed E-state index contributed by atoms with van der Waals surface area (Å²) in [6.45, 7) is 2.58. The van der Waals surface area contributed by atoms with Crippen molar-refractivity contribution in [2.24, 2.45) is 0 Å². The Morgan fingerprint density at radius 1 is 1.44 bits per heavy atom. The lowest BCUT2D eigenvalue weighted by atomic mass is 10.2. The van der Waals surface area contributed by atoms with E-state index in [1.54, 1.807) is 6.20 Å². The maximum Gasteiger partial charge on any atom is 0.242 e. The van der Waals surface area contributed by atoms with Gasteiger partial charge in [-0.25, -0.2) is 0 Å². The van der Waals surface area contributed by atoms with Crippen molar-refractivity contribution in [1.29, 1.82) is 0 Å². The van der Waals surface area contributed by atoms with Crippen LogP contribution in [0.4, 0.5) is 0 Å². The minimum atomic E-state index is -0.111. The monoisotopic (exact) mass is 219 g/mol. The molecule has 0 saturated carbocycles. The molecule has 0 aliphatic carbocycles. The average molecular weight is 219 g/mol. The molecule has 1 fully saturated rings. The molecule has 2 heterocycles. The molecule has 0 radical (unpaired) electrons. The van der Waals surface area contributed by atoms with Crippen LogP contribution in [0.15, 0.2) is 18.3 Å². The molecule has 0 bridgehead atoms. The van der Waals surface area contributed by atoms with E-state index in [9.17, 15) is 9.59 Å². The third kappa shape index (κ3) is 2.36. The first-order valence-corrected chi connectivity index (χ1v) is 5.11. The molecular formula is C11H13N3O2. The number of amides is 2. The fourth-order valence-electron chi connectivity index (χ4n) is 1.56. The third-order valence-electron chi connectivity index (χ3n) is 2.47. The summed E-state index contributed by atoms with van der Waals surface area (Å²) in [7, 11) is 0. The number of rotatable bonds is 2. The molecule has 5 heteroatoms. The molecule has 0 atom stereocenters. The highest BCUT2D eigenvalue weighted by Gasteiger charge is 2.22. The quantitative estimate of drug-likeness (QED) is 0.752. The van der Waals surface area contributed by atoms with Gasteiger partial charge in [-0.3, -0.25) is 14.6 Å². The fourth-order valence-corrected chi connectivity index (χ4v) is 1.56. The van der Waals surface area contributed by atoms with Crippen LogP contribution >= 0.6 is 0 Å². The first-order chi connectivity index (χ1) is 7.65. The number of aromatic nitrogens is 1. The van der Waals surface area contributed by atoms with Crippen LogP contribution < -0.4 is 5.32 Å². The molecule has 2 rings (SSSR count). The molecule has 1 saturated heterocycles. The highest BCUT2D eigenvalue weighted by molar-refractivity contribution is 5.92. The molecule has 2 amide bonds. The Kier molecular flexibility index (Phi) is 2.85. The maximum atomic E-state index is 11.5. The van der Waals surface area contributed by atoms with Crippen LogP contribution in [0, 0.1) is 6.92 Å². The second-order valence-corrected chi connectivity index (χ2v) is 3.83. The molecular weight excluding hydrogens is 206 g/mol. The zero-order chi connectivity index (χ0) is 11.5. The van der Waals surface area contributed by atoms with E-state index in [4.69, 9.17) is 0 Å². The van der Waals surface area contributed by atoms with Crippen LogP contribution in [-0.2, 0) is 16.1 Å². The molecule has 84 valence electrons. The van der Waals surface area contributed by atoms with Crippen molar-refractivity contribution in [3.05, 3.63) is 29.6 Å². The van der Waals surface area contributed by atoms with Gasteiger partial charge in [0.2, 0.25) is 11.8 Å². The van der Waals surface area contributed by atoms with Gasteiger partial charge in [-0.2, -0.15) is 0 Å². The summed E-state index contributed by atoms with van der Waals surface area (Å²) >= 11 is 0. The van der Waals surface area contributed by atoms with Gasteiger partial charge in [0.05, 0.1) is 13.1 Å². The number of carbonyl (C=O) groups excluding carboxylic acids is 2. The van der Waals surface area contributed by atoms with E-state index in [2.05, 4.69) is 10.3 Å². The van der Waals surface area contributed by atoms with Gasteiger partial charge in [-0.1, -0.05) is 6.07 Å². The molecule has 1 aromatic heterocycles. The third-order valence-corrected chi connectivity index (χ3v) is 2.47. The number of carbonyl (C=O) groups is 2. The van der Waals surface area contributed by atoms with E-state index in [0.29, 0.717) is 6.54 Å². The Bertz CT molecular complexity index is 414. The average Bonchev–Trinajstić information content (AvgIpc) is 2.27. The number of hydrogen-bond acceptors (Lipinski definition) is 3. The maximum absolute atomic E-state index is 11.5. The molecule has 16 heavy (non-hydrogen) atoms. The van der Waals surface area contributed by atoms with Gasteiger partial charge in [0, 0.05) is 18.4 Å². The van der Waals surface area contributed by atoms with Crippen molar-refractivity contribution < 1.29 is 9.59 Å². The molecule has 1 aromatic rings. The topological polar surface area (TPSA) is 62.3 Å². The molecule has 0 spiro atoms. The van der Waals surface area contributed by atoms with Gasteiger partial charge >= 0.3 is 0 Å². The van der Waals surface area contributed by atoms with Crippen molar-refractivity contribution in [3.63, 3.8) is 0 Å². The lowest BCUT2D eigenvalue weighted by Crippen LogP contribution is -2.51. The number of nitrogens with zero attached hydrogens (tertiary/aromatic N) is 2. The van der Waals surface area contributed by atoms with Crippen LogP contribution in [0.2, 0.25) is 0 Å². The second-order valence-electron chi connectivity index (χ2n) is 3.83. The number of nitrogens with one attached hydrogen (secondary N) is 1. The van der Waals surface area contributed by atoms with Crippen molar-refractivity contribution >= 4 is 11.8 Å². The van der Waals surface area contributed by atoms with Crippen LogP contribution in [0.25, 0.3) is 0 Å². The van der Waals surface area contributed by atoms with E-state index in [1.807, 2.05) is 19.1 Å². The summed E-state index contributed by atoms with van der Waals surface area (Å²) in [5.41, 5.74) is 1.88. The SMILES string of the molecule is Cc1ccc(CN2CC(=O)NCC2=O)cn1. The predicted octanol–water partition coefficient (Wildman–Crippen LogP) is -0.152. The Balaban J connectivity index is 2.05. The Labute approximate surface area is 93.5 Å². The minimum Gasteiger partial charge on any atom is -0.345 e. The van der Waals surface area contributed by atoms with E-state index < -0.39 is 0 Å². The first-order valence-electron chi connectivity index (χ1n) is 5.11. The van der Waals surface area contributed by atoms with Crippen LogP contribution in [0.5, 0.6) is 0 Å². The number of hydrogen-bond donors (Lipinski definition) is 1. The zero-order valence-electron chi connectivity index (χ0n) is 9.06. The summed E-state index contributed by atoms with van der Waals surface area (Å²) in [4.78, 5) is 28.3. The highest BCUT2D eigenvalue weighted by Crippen LogP contribution is 2.06. The summed E-state index contributed by atoms with van der Waals surface area (Å²) in [6.07, 6.45) is 1.73. The summed E-state index contributed by atoms with van der Waals surface area (Å²) in [6, 6.07) is 3.81. The lowest BCUT2D eigenvalue weighted by molar-refractivity contribution is -0.141. The Morgan fingerprint density at radius 3 is 2.94 bits per heavy atom. The van der Waals surface area contributed by atoms with Crippen molar-refractivity contribution in [2.75, 3.05) is 13.1 Å². The Hall–Kier alpha value is -1.91. The van der Waals surface area contributed by atoms with E-state index >= 15 is 0 Å². The number of pyridine rings is 1. The fraction of sp³-hybridized carbons (Fsp3) is 0.364. The summed E-state index contributed by atoms with van der Waals surface area (Å²) in [5.74, 6) is -0.167. The standard InChI is InChI=1S/C11H13N3O2/c1-8-2-3-9(4-12-8)6-14-7-10(15)13-5-11(14)16/h2-4H,5-7H2,1H3,(H,13,15). The minimum absolute atomic E-state index is 0.0554. The predicted molar refractivity (Wildman–Crippen MR) is 57.4 cm³/mol. The highest BCUT2D eigenvalue weighted by atomic mass is 16.2. The first kappa shape index (κ1) is 10.6. The van der Waals surface area contributed by atoms with Gasteiger partial charge in [0.15, 0.2) is 0 Å². The number of aryl methyl sites for hydroxylation is 1. The smallest absolute Gasteiger partial charge is 0.242 e. The van der Waals surface area contributed by atoms with Crippen LogP contribution in [0.1, 0.15) is 11.3 Å². The normalized spacial score (nSPS) is 16.2.